The molecule has 0 aliphatic rings. The number of nitrogens with one attached hydrogen (secondary N) is 1. The van der Waals surface area contributed by atoms with E-state index in [1.807, 2.05) is 13.8 Å². The van der Waals surface area contributed by atoms with Gasteiger partial charge in [-0.15, -0.1) is 0 Å². The van der Waals surface area contributed by atoms with Crippen LogP contribution in [-0.4, -0.2) is 52.9 Å². The molecule has 2 atom stereocenters. The first-order valence-corrected chi connectivity index (χ1v) is 5.31. The van der Waals surface area contributed by atoms with Crippen LogP contribution in [0.25, 0.3) is 0 Å². The van der Waals surface area contributed by atoms with E-state index >= 15 is 0 Å². The Bertz CT molecular complexity index is 245. The van der Waals surface area contributed by atoms with Crippen molar-refractivity contribution in [3.8, 4) is 0 Å². The predicted molar refractivity (Wildman–Crippen MR) is 59.2 cm³/mol. The number of nitrogens with zero attached hydrogens (tertiary/aromatic N) is 1. The van der Waals surface area contributed by atoms with Gasteiger partial charge in [-0.2, -0.15) is 0 Å². The third-order valence-electron chi connectivity index (χ3n) is 2.47. The summed E-state index contributed by atoms with van der Waals surface area (Å²) in [6.45, 7) is 3.28. The normalized spacial score (nSPS) is 14.0. The van der Waals surface area contributed by atoms with Crippen molar-refractivity contribution in [2.24, 2.45) is 0 Å². The van der Waals surface area contributed by atoms with Crippen molar-refractivity contribution < 1.29 is 19.8 Å². The molecule has 2 unspecified atom stereocenters. The fraction of sp³-hybridized carbons (Fsp3) is 0.800. The van der Waals surface area contributed by atoms with Crippen LogP contribution in [0, 0.1) is 0 Å². The minimum Gasteiger partial charge on any atom is -0.480 e. The molecule has 0 radical (unpaired) electrons. The number of carboxylic acid groups (broad SMARTS) is 1. The number of rotatable bonds is 6. The maximum Gasteiger partial charge on any atom is 0.328 e. The van der Waals surface area contributed by atoms with Gasteiger partial charge in [0.15, 0.2) is 6.04 Å². The highest BCUT2D eigenvalue weighted by atomic mass is 16.4. The number of aliphatic carboxylic acids is 1. The first-order valence-electron chi connectivity index (χ1n) is 5.31. The van der Waals surface area contributed by atoms with Gasteiger partial charge in [0.05, 0.1) is 6.61 Å². The average molecular weight is 232 g/mol. The molecule has 0 bridgehead atoms. The number of carboxylic acids is 1. The van der Waals surface area contributed by atoms with Gasteiger partial charge >= 0.3 is 12.0 Å². The number of amides is 2. The molecule has 6 heteroatoms. The number of aliphatic hydroxyl groups excluding tert-OH is 1. The molecule has 3 N–H and O–H groups in total. The van der Waals surface area contributed by atoms with Gasteiger partial charge in [0.1, 0.15) is 0 Å². The van der Waals surface area contributed by atoms with Gasteiger partial charge in [-0.05, 0) is 13.3 Å². The van der Waals surface area contributed by atoms with Gasteiger partial charge in [-0.25, -0.2) is 9.59 Å². The number of carbonyl (C=O) groups excluding carboxylic acids is 1. The van der Waals surface area contributed by atoms with E-state index in [-0.39, 0.29) is 6.04 Å². The van der Waals surface area contributed by atoms with Crippen LogP contribution in [0.4, 0.5) is 4.79 Å². The molecule has 0 rings (SSSR count). The first kappa shape index (κ1) is 14.7. The lowest BCUT2D eigenvalue weighted by Crippen LogP contribution is -2.50. The average Bonchev–Trinajstić information content (AvgIpc) is 2.24. The molecule has 0 aliphatic carbocycles. The summed E-state index contributed by atoms with van der Waals surface area (Å²) < 4.78 is 0. The van der Waals surface area contributed by atoms with Crippen molar-refractivity contribution >= 4 is 12.0 Å². The maximum absolute atomic E-state index is 11.6. The third kappa shape index (κ3) is 4.48. The Morgan fingerprint density at radius 3 is 2.38 bits per heavy atom. The number of hydrogen-bond acceptors (Lipinski definition) is 3. The highest BCUT2D eigenvalue weighted by Gasteiger charge is 2.22. The minimum atomic E-state index is -1.25. The van der Waals surface area contributed by atoms with Crippen molar-refractivity contribution in [2.75, 3.05) is 13.7 Å². The first-order chi connectivity index (χ1) is 7.43. The molecule has 94 valence electrons. The van der Waals surface area contributed by atoms with E-state index in [9.17, 15) is 9.59 Å². The summed E-state index contributed by atoms with van der Waals surface area (Å²) in [4.78, 5) is 23.6. The summed E-state index contributed by atoms with van der Waals surface area (Å²) in [6, 6.07) is -1.69. The fourth-order valence-electron chi connectivity index (χ4n) is 1.25. The van der Waals surface area contributed by atoms with E-state index in [0.717, 1.165) is 12.8 Å². The second kappa shape index (κ2) is 7.05. The number of aliphatic hydroxyl groups is 1. The Morgan fingerprint density at radius 2 is 2.00 bits per heavy atom. The number of urea groups is 1. The van der Waals surface area contributed by atoms with E-state index < -0.39 is 24.6 Å². The minimum absolute atomic E-state index is 0.0399. The quantitative estimate of drug-likeness (QED) is 0.613. The van der Waals surface area contributed by atoms with Crippen LogP contribution < -0.4 is 5.32 Å². The summed E-state index contributed by atoms with van der Waals surface area (Å²) in [5, 5.41) is 19.7. The molecular formula is C10H20N2O4. The highest BCUT2D eigenvalue weighted by Crippen LogP contribution is 2.04. The number of hydrogen-bond donors (Lipinski definition) is 3. The lowest BCUT2D eigenvalue weighted by atomic mass is 10.2. The van der Waals surface area contributed by atoms with Crippen molar-refractivity contribution in [3.63, 3.8) is 0 Å². The van der Waals surface area contributed by atoms with Crippen LogP contribution in [0.2, 0.25) is 0 Å². The van der Waals surface area contributed by atoms with Gasteiger partial charge in [0.25, 0.3) is 0 Å². The molecule has 16 heavy (non-hydrogen) atoms. The van der Waals surface area contributed by atoms with Crippen LogP contribution in [0.1, 0.15) is 26.7 Å². The van der Waals surface area contributed by atoms with Crippen LogP contribution >= 0.6 is 0 Å². The number of carbonyl (C=O) groups is 2. The lowest BCUT2D eigenvalue weighted by molar-refractivity contribution is -0.140. The molecule has 0 aromatic rings. The maximum atomic E-state index is 11.6. The topological polar surface area (TPSA) is 89.9 Å². The van der Waals surface area contributed by atoms with Crippen LogP contribution in [0.15, 0.2) is 0 Å². The Balaban J connectivity index is 4.28. The molecule has 6 nitrogen and oxygen atoms in total. The largest absolute Gasteiger partial charge is 0.480 e. The predicted octanol–water partition coefficient (Wildman–Crippen LogP) is 0.262. The molecule has 0 heterocycles. The molecule has 0 fully saturated rings. The summed E-state index contributed by atoms with van der Waals surface area (Å²) in [7, 11) is 1.60. The molecule has 0 aromatic heterocycles. The van der Waals surface area contributed by atoms with Gasteiger partial charge < -0.3 is 20.4 Å². The van der Waals surface area contributed by atoms with Crippen molar-refractivity contribution in [1.29, 1.82) is 0 Å². The van der Waals surface area contributed by atoms with Gasteiger partial charge in [-0.1, -0.05) is 13.3 Å². The Kier molecular flexibility index (Phi) is 6.48. The van der Waals surface area contributed by atoms with Crippen molar-refractivity contribution in [2.45, 2.75) is 38.8 Å². The second-order valence-electron chi connectivity index (χ2n) is 3.77. The zero-order chi connectivity index (χ0) is 12.7. The molecule has 0 spiro atoms. The molecule has 0 aliphatic heterocycles. The SMILES string of the molecule is CCCC(C)N(C)C(=O)NC(CO)C(=O)O. The molecule has 2 amide bonds. The lowest BCUT2D eigenvalue weighted by Gasteiger charge is -2.26. The van der Waals surface area contributed by atoms with Crippen LogP contribution in [0.5, 0.6) is 0 Å². The van der Waals surface area contributed by atoms with Gasteiger partial charge in [-0.3, -0.25) is 0 Å². The smallest absolute Gasteiger partial charge is 0.328 e. The second-order valence-corrected chi connectivity index (χ2v) is 3.77. The van der Waals surface area contributed by atoms with E-state index in [1.165, 1.54) is 4.90 Å². The summed E-state index contributed by atoms with van der Waals surface area (Å²) >= 11 is 0. The summed E-state index contributed by atoms with van der Waals surface area (Å²) in [6.07, 6.45) is 1.79. The van der Waals surface area contributed by atoms with E-state index in [4.69, 9.17) is 10.2 Å². The Labute approximate surface area is 95.2 Å². The van der Waals surface area contributed by atoms with Gasteiger partial charge in [0.2, 0.25) is 0 Å². The van der Waals surface area contributed by atoms with Crippen LogP contribution in [0.3, 0.4) is 0 Å². The highest BCUT2D eigenvalue weighted by molar-refractivity contribution is 5.82. The standard InChI is InChI=1S/C10H20N2O4/c1-4-5-7(2)12(3)10(16)11-8(6-13)9(14)15/h7-8,13H,4-6H2,1-3H3,(H,11,16)(H,14,15). The monoisotopic (exact) mass is 232 g/mol. The van der Waals surface area contributed by atoms with Crippen LogP contribution in [-0.2, 0) is 4.79 Å². The summed E-state index contributed by atoms with van der Waals surface area (Å²) in [5.74, 6) is -1.24. The zero-order valence-electron chi connectivity index (χ0n) is 9.93. The van der Waals surface area contributed by atoms with E-state index in [0.29, 0.717) is 0 Å². The fourth-order valence-corrected chi connectivity index (χ4v) is 1.25. The van der Waals surface area contributed by atoms with Gasteiger partial charge in [0, 0.05) is 13.1 Å². The molecular weight excluding hydrogens is 212 g/mol. The molecule has 0 saturated carbocycles. The summed E-state index contributed by atoms with van der Waals surface area (Å²) in [5.41, 5.74) is 0. The zero-order valence-corrected chi connectivity index (χ0v) is 9.93. The van der Waals surface area contributed by atoms with Crippen molar-refractivity contribution in [3.05, 3.63) is 0 Å². The Hall–Kier alpha value is -1.30. The molecule has 0 saturated heterocycles. The van der Waals surface area contributed by atoms with Crippen molar-refractivity contribution in [1.82, 2.24) is 10.2 Å². The molecule has 0 aromatic carbocycles. The van der Waals surface area contributed by atoms with E-state index in [2.05, 4.69) is 5.32 Å². The Morgan fingerprint density at radius 1 is 1.44 bits per heavy atom. The van der Waals surface area contributed by atoms with E-state index in [1.54, 1.807) is 7.05 Å². The third-order valence-corrected chi connectivity index (χ3v) is 2.47.